The molecule has 0 amide bonds. The second-order valence-electron chi connectivity index (χ2n) is 7.56. The van der Waals surface area contributed by atoms with Crippen LogP contribution in [0.25, 0.3) is 11.0 Å². The normalized spacial score (nSPS) is 26.4. The van der Waals surface area contributed by atoms with Crippen LogP contribution in [0, 0.1) is 6.92 Å². The van der Waals surface area contributed by atoms with Gasteiger partial charge in [-0.15, -0.1) is 0 Å². The quantitative estimate of drug-likeness (QED) is 0.724. The van der Waals surface area contributed by atoms with Crippen LogP contribution < -0.4 is 0 Å². The van der Waals surface area contributed by atoms with Gasteiger partial charge in [-0.1, -0.05) is 30.3 Å². The first kappa shape index (κ1) is 15.1. The second-order valence-corrected chi connectivity index (χ2v) is 7.56. The fraction of sp³-hybridized carbons (Fsp3) is 0.429. The first-order valence-electron chi connectivity index (χ1n) is 9.38. The van der Waals surface area contributed by atoms with Gasteiger partial charge in [-0.3, -0.25) is 9.88 Å². The van der Waals surface area contributed by atoms with E-state index in [9.17, 15) is 0 Å². The minimum Gasteiger partial charge on any atom is -0.325 e. The number of aryl methyl sites for hydroxylation is 1. The van der Waals surface area contributed by atoms with Crippen LogP contribution in [0.2, 0.25) is 0 Å². The van der Waals surface area contributed by atoms with Gasteiger partial charge in [-0.2, -0.15) is 0 Å². The molecule has 4 heterocycles. The van der Waals surface area contributed by atoms with Gasteiger partial charge in [0.2, 0.25) is 0 Å². The predicted octanol–water partition coefficient (Wildman–Crippen LogP) is 4.11. The summed E-state index contributed by atoms with van der Waals surface area (Å²) >= 11 is 0. The van der Waals surface area contributed by atoms with Crippen molar-refractivity contribution in [3.63, 3.8) is 0 Å². The van der Waals surface area contributed by atoms with Crippen molar-refractivity contribution >= 4 is 11.0 Å². The Bertz CT molecular complexity index is 871. The predicted molar refractivity (Wildman–Crippen MR) is 99.3 cm³/mol. The fourth-order valence-electron chi connectivity index (χ4n) is 5.04. The molecule has 0 saturated carbocycles. The number of fused-ring (bicyclic) bond motifs is 3. The van der Waals surface area contributed by atoms with E-state index >= 15 is 0 Å². The smallest absolute Gasteiger partial charge is 0.107 e. The zero-order valence-electron chi connectivity index (χ0n) is 14.7. The SMILES string of the molecule is Cc1nc2cnccc2n1C1CC2CCC(C1)N2Cc1ccccc1. The van der Waals surface area contributed by atoms with Crippen molar-refractivity contribution < 1.29 is 0 Å². The summed E-state index contributed by atoms with van der Waals surface area (Å²) in [5.74, 6) is 1.13. The number of hydrogen-bond donors (Lipinski definition) is 0. The summed E-state index contributed by atoms with van der Waals surface area (Å²) in [6.07, 6.45) is 8.91. The molecule has 128 valence electrons. The standard InChI is InChI=1S/C21H24N4/c1-15-23-20-13-22-10-9-21(20)25(15)19-11-17-7-8-18(12-19)24(17)14-16-5-3-2-4-6-16/h2-6,9-10,13,17-19H,7-8,11-12,14H2,1H3. The van der Waals surface area contributed by atoms with Crippen LogP contribution >= 0.6 is 0 Å². The van der Waals surface area contributed by atoms with Crippen LogP contribution in [0.3, 0.4) is 0 Å². The summed E-state index contributed by atoms with van der Waals surface area (Å²) < 4.78 is 2.47. The molecule has 2 fully saturated rings. The summed E-state index contributed by atoms with van der Waals surface area (Å²) in [4.78, 5) is 11.7. The monoisotopic (exact) mass is 332 g/mol. The van der Waals surface area contributed by atoms with Gasteiger partial charge in [0.05, 0.1) is 11.7 Å². The summed E-state index contributed by atoms with van der Waals surface area (Å²) in [6, 6.07) is 15.0. The molecule has 5 rings (SSSR count). The molecule has 2 aromatic heterocycles. The molecule has 2 unspecified atom stereocenters. The van der Waals surface area contributed by atoms with Crippen molar-refractivity contribution in [3.05, 3.63) is 60.2 Å². The third kappa shape index (κ3) is 2.56. The van der Waals surface area contributed by atoms with Crippen LogP contribution in [0.4, 0.5) is 0 Å². The zero-order valence-corrected chi connectivity index (χ0v) is 14.7. The molecule has 0 radical (unpaired) electrons. The molecule has 1 aromatic carbocycles. The lowest BCUT2D eigenvalue weighted by atomic mass is 9.96. The largest absolute Gasteiger partial charge is 0.325 e. The topological polar surface area (TPSA) is 34.0 Å². The molecule has 3 aromatic rings. The molecule has 4 heteroatoms. The number of pyridine rings is 1. The van der Waals surface area contributed by atoms with Crippen molar-refractivity contribution in [2.75, 3.05) is 0 Å². The van der Waals surface area contributed by atoms with Crippen LogP contribution in [0.15, 0.2) is 48.8 Å². The third-order valence-corrected chi connectivity index (χ3v) is 6.10. The molecule has 2 bridgehead atoms. The number of aromatic nitrogens is 3. The molecule has 2 aliphatic rings. The number of hydrogen-bond acceptors (Lipinski definition) is 3. The highest BCUT2D eigenvalue weighted by molar-refractivity contribution is 5.74. The van der Waals surface area contributed by atoms with Crippen molar-refractivity contribution in [1.29, 1.82) is 0 Å². The number of nitrogens with zero attached hydrogens (tertiary/aromatic N) is 4. The maximum atomic E-state index is 4.73. The van der Waals surface area contributed by atoms with E-state index < -0.39 is 0 Å². The summed E-state index contributed by atoms with van der Waals surface area (Å²) in [7, 11) is 0. The van der Waals surface area contributed by atoms with E-state index in [-0.39, 0.29) is 0 Å². The van der Waals surface area contributed by atoms with Crippen LogP contribution in [-0.2, 0) is 6.54 Å². The number of imidazole rings is 1. The number of piperidine rings is 1. The Balaban J connectivity index is 1.42. The van der Waals surface area contributed by atoms with Gasteiger partial charge in [0, 0.05) is 30.9 Å². The molecular weight excluding hydrogens is 308 g/mol. The molecule has 25 heavy (non-hydrogen) atoms. The molecule has 4 nitrogen and oxygen atoms in total. The molecule has 0 spiro atoms. The Labute approximate surface area is 148 Å². The van der Waals surface area contributed by atoms with Gasteiger partial charge in [0.25, 0.3) is 0 Å². The second kappa shape index (κ2) is 5.95. The van der Waals surface area contributed by atoms with Crippen molar-refractivity contribution in [1.82, 2.24) is 19.4 Å². The number of rotatable bonds is 3. The highest BCUT2D eigenvalue weighted by Gasteiger charge is 2.41. The summed E-state index contributed by atoms with van der Waals surface area (Å²) in [5.41, 5.74) is 3.71. The molecule has 2 saturated heterocycles. The maximum absolute atomic E-state index is 4.73. The van der Waals surface area contributed by atoms with Gasteiger partial charge in [0.15, 0.2) is 0 Å². The van der Waals surface area contributed by atoms with Crippen LogP contribution in [0.5, 0.6) is 0 Å². The minimum atomic E-state index is 0.567. The fourth-order valence-corrected chi connectivity index (χ4v) is 5.04. The highest BCUT2D eigenvalue weighted by Crippen LogP contribution is 2.42. The molecule has 0 N–H and O–H groups in total. The van der Waals surface area contributed by atoms with Gasteiger partial charge >= 0.3 is 0 Å². The van der Waals surface area contributed by atoms with Gasteiger partial charge in [-0.25, -0.2) is 4.98 Å². The average molecular weight is 332 g/mol. The Hall–Kier alpha value is -2.20. The van der Waals surface area contributed by atoms with E-state index in [1.807, 2.05) is 12.4 Å². The Morgan fingerprint density at radius 2 is 1.76 bits per heavy atom. The van der Waals surface area contributed by atoms with E-state index in [0.29, 0.717) is 18.1 Å². The van der Waals surface area contributed by atoms with E-state index in [4.69, 9.17) is 4.98 Å². The molecule has 0 aliphatic carbocycles. The van der Waals surface area contributed by atoms with E-state index in [2.05, 4.69) is 57.8 Å². The highest BCUT2D eigenvalue weighted by atomic mass is 15.2. The molecule has 2 aliphatic heterocycles. The van der Waals surface area contributed by atoms with Crippen molar-refractivity contribution in [2.24, 2.45) is 0 Å². The summed E-state index contributed by atoms with van der Waals surface area (Å²) in [6.45, 7) is 3.23. The minimum absolute atomic E-state index is 0.567. The lowest BCUT2D eigenvalue weighted by Crippen LogP contribution is -2.43. The third-order valence-electron chi connectivity index (χ3n) is 6.10. The van der Waals surface area contributed by atoms with Gasteiger partial charge in [-0.05, 0) is 44.2 Å². The lowest BCUT2D eigenvalue weighted by Gasteiger charge is -2.40. The van der Waals surface area contributed by atoms with Gasteiger partial charge in [0.1, 0.15) is 11.3 Å². The average Bonchev–Trinajstić information content (AvgIpc) is 3.07. The van der Waals surface area contributed by atoms with Crippen molar-refractivity contribution in [3.8, 4) is 0 Å². The molecule has 2 atom stereocenters. The van der Waals surface area contributed by atoms with E-state index in [1.54, 1.807) is 0 Å². The Kier molecular flexibility index (Phi) is 3.59. The Morgan fingerprint density at radius 3 is 2.52 bits per heavy atom. The van der Waals surface area contributed by atoms with Crippen LogP contribution in [0.1, 0.15) is 43.1 Å². The zero-order chi connectivity index (χ0) is 16.8. The van der Waals surface area contributed by atoms with Crippen molar-refractivity contribution in [2.45, 2.75) is 57.3 Å². The van der Waals surface area contributed by atoms with E-state index in [0.717, 1.165) is 17.9 Å². The first-order valence-corrected chi connectivity index (χ1v) is 9.38. The Morgan fingerprint density at radius 1 is 1.00 bits per heavy atom. The van der Waals surface area contributed by atoms with Crippen LogP contribution in [-0.4, -0.2) is 31.5 Å². The van der Waals surface area contributed by atoms with Gasteiger partial charge < -0.3 is 4.57 Å². The van der Waals surface area contributed by atoms with E-state index in [1.165, 1.54) is 36.8 Å². The number of benzene rings is 1. The first-order chi connectivity index (χ1) is 12.3. The summed E-state index contributed by atoms with van der Waals surface area (Å²) in [5, 5.41) is 0. The molecular formula is C21H24N4. The lowest BCUT2D eigenvalue weighted by molar-refractivity contribution is 0.0999. The maximum Gasteiger partial charge on any atom is 0.107 e.